The molecule has 0 amide bonds. The van der Waals surface area contributed by atoms with Crippen molar-refractivity contribution in [2.24, 2.45) is 0 Å². The molecule has 0 radical (unpaired) electrons. The van der Waals surface area contributed by atoms with Crippen LogP contribution < -0.4 is 0 Å². The third-order valence-electron chi connectivity index (χ3n) is 2.12. The number of halogens is 5. The minimum Gasteiger partial charge on any atom is -0.392 e. The van der Waals surface area contributed by atoms with Crippen molar-refractivity contribution in [3.63, 3.8) is 0 Å². The summed E-state index contributed by atoms with van der Waals surface area (Å²) in [7, 11) is 0. The van der Waals surface area contributed by atoms with Crippen LogP contribution in [0.3, 0.4) is 0 Å². The summed E-state index contributed by atoms with van der Waals surface area (Å²) in [5.74, 6) is 0. The number of hydrogen-bond donors (Lipinski definition) is 1. The number of aliphatic hydroxyl groups is 1. The second kappa shape index (κ2) is 4.32. The molecular formula is C9H8F5NO. The Kier molecular flexibility index (Phi) is 3.47. The molecular weight excluding hydrogens is 233 g/mol. The van der Waals surface area contributed by atoms with Gasteiger partial charge in [-0.2, -0.15) is 13.2 Å². The topological polar surface area (TPSA) is 33.1 Å². The minimum atomic E-state index is -4.91. The molecule has 16 heavy (non-hydrogen) atoms. The van der Waals surface area contributed by atoms with Gasteiger partial charge in [-0.05, 0) is 6.92 Å². The molecule has 0 aliphatic rings. The van der Waals surface area contributed by atoms with E-state index in [0.29, 0.717) is 6.20 Å². The van der Waals surface area contributed by atoms with Gasteiger partial charge in [0.1, 0.15) is 0 Å². The number of aryl methyl sites for hydroxylation is 1. The molecule has 0 atom stereocenters. The van der Waals surface area contributed by atoms with Crippen LogP contribution in [0.25, 0.3) is 0 Å². The smallest absolute Gasteiger partial charge is 0.392 e. The van der Waals surface area contributed by atoms with Crippen LogP contribution in [-0.2, 0) is 12.8 Å². The predicted octanol–water partition coefficient (Wildman–Crippen LogP) is 2.84. The van der Waals surface area contributed by atoms with Crippen LogP contribution in [-0.4, -0.2) is 10.1 Å². The SMILES string of the molecule is Cc1ncc(C(F)(F)F)c(C(F)F)c1CO. The van der Waals surface area contributed by atoms with Gasteiger partial charge < -0.3 is 5.11 Å². The van der Waals surface area contributed by atoms with Crippen LogP contribution in [0.2, 0.25) is 0 Å². The third kappa shape index (κ3) is 2.29. The van der Waals surface area contributed by atoms with Gasteiger partial charge in [-0.25, -0.2) is 8.78 Å². The normalized spacial score (nSPS) is 12.2. The van der Waals surface area contributed by atoms with E-state index in [9.17, 15) is 22.0 Å². The van der Waals surface area contributed by atoms with Gasteiger partial charge in [0.25, 0.3) is 6.43 Å². The molecule has 7 heteroatoms. The molecule has 1 N–H and O–H groups in total. The number of pyridine rings is 1. The van der Waals surface area contributed by atoms with Crippen LogP contribution in [0, 0.1) is 6.92 Å². The molecule has 2 nitrogen and oxygen atoms in total. The van der Waals surface area contributed by atoms with Crippen LogP contribution in [0.15, 0.2) is 6.20 Å². The number of aromatic nitrogens is 1. The Morgan fingerprint density at radius 1 is 1.38 bits per heavy atom. The van der Waals surface area contributed by atoms with E-state index < -0.39 is 35.9 Å². The third-order valence-corrected chi connectivity index (χ3v) is 2.12. The Morgan fingerprint density at radius 3 is 2.31 bits per heavy atom. The maximum Gasteiger partial charge on any atom is 0.418 e. The van der Waals surface area contributed by atoms with Crippen molar-refractivity contribution in [2.45, 2.75) is 26.1 Å². The molecule has 1 aromatic rings. The molecule has 0 aliphatic carbocycles. The van der Waals surface area contributed by atoms with Crippen molar-refractivity contribution >= 4 is 0 Å². The first-order valence-corrected chi connectivity index (χ1v) is 4.23. The molecule has 90 valence electrons. The number of hydrogen-bond acceptors (Lipinski definition) is 2. The van der Waals surface area contributed by atoms with E-state index in [1.807, 2.05) is 0 Å². The fourth-order valence-corrected chi connectivity index (χ4v) is 1.34. The summed E-state index contributed by atoms with van der Waals surface area (Å²) in [4.78, 5) is 3.35. The summed E-state index contributed by atoms with van der Waals surface area (Å²) in [6, 6.07) is 0. The van der Waals surface area contributed by atoms with E-state index in [2.05, 4.69) is 4.98 Å². The Hall–Kier alpha value is -1.24. The molecule has 0 unspecified atom stereocenters. The van der Waals surface area contributed by atoms with Crippen molar-refractivity contribution in [1.82, 2.24) is 4.98 Å². The second-order valence-corrected chi connectivity index (χ2v) is 3.11. The molecule has 0 spiro atoms. The molecule has 0 aromatic carbocycles. The average Bonchev–Trinajstić information content (AvgIpc) is 2.14. The molecule has 0 aliphatic heterocycles. The van der Waals surface area contributed by atoms with Gasteiger partial charge in [-0.3, -0.25) is 4.98 Å². The Balaban J connectivity index is 3.52. The molecule has 1 rings (SSSR count). The lowest BCUT2D eigenvalue weighted by molar-refractivity contribution is -0.139. The molecule has 1 aromatic heterocycles. The number of aliphatic hydroxyl groups excluding tert-OH is 1. The van der Waals surface area contributed by atoms with Crippen molar-refractivity contribution in [3.8, 4) is 0 Å². The summed E-state index contributed by atoms with van der Waals surface area (Å²) in [5, 5.41) is 8.80. The van der Waals surface area contributed by atoms with Gasteiger partial charge in [0, 0.05) is 23.0 Å². The van der Waals surface area contributed by atoms with Gasteiger partial charge in [0.15, 0.2) is 0 Å². The minimum absolute atomic E-state index is 0.0363. The van der Waals surface area contributed by atoms with Crippen molar-refractivity contribution < 1.29 is 27.1 Å². The van der Waals surface area contributed by atoms with Crippen LogP contribution >= 0.6 is 0 Å². The zero-order valence-electron chi connectivity index (χ0n) is 8.15. The van der Waals surface area contributed by atoms with E-state index in [1.165, 1.54) is 6.92 Å². The maximum absolute atomic E-state index is 12.5. The summed E-state index contributed by atoms with van der Waals surface area (Å²) in [5.41, 5.74) is -3.20. The highest BCUT2D eigenvalue weighted by Crippen LogP contribution is 2.38. The summed E-state index contributed by atoms with van der Waals surface area (Å²) in [6.45, 7) is 0.361. The lowest BCUT2D eigenvalue weighted by atomic mass is 10.0. The van der Waals surface area contributed by atoms with Crippen molar-refractivity contribution in [2.75, 3.05) is 0 Å². The highest BCUT2D eigenvalue weighted by atomic mass is 19.4. The van der Waals surface area contributed by atoms with Gasteiger partial charge >= 0.3 is 6.18 Å². The van der Waals surface area contributed by atoms with Crippen molar-refractivity contribution in [3.05, 3.63) is 28.6 Å². The standard InChI is InChI=1S/C9H8F5NO/c1-4-5(3-16)7(8(10)11)6(2-15-4)9(12,13)14/h2,8,16H,3H2,1H3. The first-order chi connectivity index (χ1) is 7.29. The second-order valence-electron chi connectivity index (χ2n) is 3.11. The fourth-order valence-electron chi connectivity index (χ4n) is 1.34. The Labute approximate surface area is 87.7 Å². The van der Waals surface area contributed by atoms with Crippen LogP contribution in [0.5, 0.6) is 0 Å². The summed E-state index contributed by atoms with van der Waals surface area (Å²) < 4.78 is 62.3. The van der Waals surface area contributed by atoms with Crippen LogP contribution in [0.1, 0.15) is 28.8 Å². The Morgan fingerprint density at radius 2 is 1.94 bits per heavy atom. The monoisotopic (exact) mass is 241 g/mol. The van der Waals surface area contributed by atoms with Gasteiger partial charge in [-0.15, -0.1) is 0 Å². The van der Waals surface area contributed by atoms with E-state index in [4.69, 9.17) is 5.11 Å². The average molecular weight is 241 g/mol. The highest BCUT2D eigenvalue weighted by Gasteiger charge is 2.37. The van der Waals surface area contributed by atoms with Gasteiger partial charge in [0.2, 0.25) is 0 Å². The molecule has 0 saturated heterocycles. The van der Waals surface area contributed by atoms with E-state index in [0.717, 1.165) is 0 Å². The summed E-state index contributed by atoms with van der Waals surface area (Å²) >= 11 is 0. The highest BCUT2D eigenvalue weighted by molar-refractivity contribution is 5.38. The fraction of sp³-hybridized carbons (Fsp3) is 0.444. The first-order valence-electron chi connectivity index (χ1n) is 4.23. The molecule has 0 fully saturated rings. The van der Waals surface area contributed by atoms with E-state index >= 15 is 0 Å². The zero-order valence-corrected chi connectivity index (χ0v) is 8.15. The van der Waals surface area contributed by atoms with Gasteiger partial charge in [0.05, 0.1) is 12.2 Å². The molecule has 1 heterocycles. The molecule has 0 bridgehead atoms. The zero-order chi connectivity index (χ0) is 12.5. The lowest BCUT2D eigenvalue weighted by Gasteiger charge is -2.16. The number of nitrogens with zero attached hydrogens (tertiary/aromatic N) is 1. The van der Waals surface area contributed by atoms with Crippen LogP contribution in [0.4, 0.5) is 22.0 Å². The van der Waals surface area contributed by atoms with E-state index in [-0.39, 0.29) is 5.69 Å². The Bertz CT molecular complexity index is 388. The summed E-state index contributed by atoms with van der Waals surface area (Å²) in [6.07, 6.45) is -7.85. The molecule has 0 saturated carbocycles. The number of alkyl halides is 5. The number of rotatable bonds is 2. The van der Waals surface area contributed by atoms with Crippen molar-refractivity contribution in [1.29, 1.82) is 0 Å². The van der Waals surface area contributed by atoms with E-state index in [1.54, 1.807) is 0 Å². The largest absolute Gasteiger partial charge is 0.418 e. The lowest BCUT2D eigenvalue weighted by Crippen LogP contribution is -2.14. The first kappa shape index (κ1) is 12.8. The quantitative estimate of drug-likeness (QED) is 0.807. The maximum atomic E-state index is 12.5. The predicted molar refractivity (Wildman–Crippen MR) is 44.9 cm³/mol. The van der Waals surface area contributed by atoms with Gasteiger partial charge in [-0.1, -0.05) is 0 Å².